The van der Waals surface area contributed by atoms with Gasteiger partial charge < -0.3 is 0 Å². The Morgan fingerprint density at radius 3 is 2.00 bits per heavy atom. The molecular formula is C6H14N2O. The molecule has 0 rings (SSSR count). The summed E-state index contributed by atoms with van der Waals surface area (Å²) >= 11 is 0. The maximum Gasteiger partial charge on any atom is 0.118 e. The monoisotopic (exact) mass is 130 g/mol. The van der Waals surface area contributed by atoms with Gasteiger partial charge in [-0.2, -0.15) is 0 Å². The van der Waals surface area contributed by atoms with Crippen molar-refractivity contribution in [3.63, 3.8) is 0 Å². The molecule has 0 radical (unpaired) electrons. The molecule has 3 heteroatoms. The van der Waals surface area contributed by atoms with E-state index in [2.05, 4.69) is 4.99 Å². The number of amidine groups is 1. The highest BCUT2D eigenvalue weighted by Crippen LogP contribution is 2.05. The second-order valence-corrected chi connectivity index (χ2v) is 2.98. The minimum Gasteiger partial charge on any atom is -0.290 e. The maximum atomic E-state index is 8.32. The number of hydrogen-bond donors (Lipinski definition) is 2. The lowest BCUT2D eigenvalue weighted by Gasteiger charge is -2.12. The molecule has 0 aliphatic heterocycles. The van der Waals surface area contributed by atoms with Crippen molar-refractivity contribution in [3.8, 4) is 0 Å². The predicted molar refractivity (Wildman–Crippen MR) is 37.8 cm³/mol. The van der Waals surface area contributed by atoms with Crippen LogP contribution in [0.15, 0.2) is 4.99 Å². The van der Waals surface area contributed by atoms with Gasteiger partial charge in [-0.25, -0.2) is 0 Å². The average molecular weight is 130 g/mol. The van der Waals surface area contributed by atoms with Gasteiger partial charge in [0.1, 0.15) is 5.84 Å². The number of nitrogens with one attached hydrogen (secondary N) is 1. The van der Waals surface area contributed by atoms with Crippen molar-refractivity contribution in [3.05, 3.63) is 0 Å². The fraction of sp³-hybridized carbons (Fsp3) is 0.833. The molecule has 0 heterocycles. The predicted octanol–water partition coefficient (Wildman–Crippen LogP) is 1.18. The van der Waals surface area contributed by atoms with E-state index in [-0.39, 0.29) is 5.54 Å². The quantitative estimate of drug-likeness (QED) is 0.294. The topological polar surface area (TPSA) is 44.6 Å². The van der Waals surface area contributed by atoms with Crippen molar-refractivity contribution in [1.82, 2.24) is 5.48 Å². The summed E-state index contributed by atoms with van der Waals surface area (Å²) in [5, 5.41) is 8.32. The van der Waals surface area contributed by atoms with Crippen LogP contribution in [-0.2, 0) is 0 Å². The van der Waals surface area contributed by atoms with Crippen LogP contribution < -0.4 is 5.48 Å². The summed E-state index contributed by atoms with van der Waals surface area (Å²) in [7, 11) is 0. The zero-order valence-electron chi connectivity index (χ0n) is 6.39. The lowest BCUT2D eigenvalue weighted by Crippen LogP contribution is -2.21. The summed E-state index contributed by atoms with van der Waals surface area (Å²) in [6.07, 6.45) is 0. The van der Waals surface area contributed by atoms with Gasteiger partial charge in [0.05, 0.1) is 5.54 Å². The molecule has 9 heavy (non-hydrogen) atoms. The Morgan fingerprint density at radius 2 is 1.89 bits per heavy atom. The van der Waals surface area contributed by atoms with Gasteiger partial charge in [0.15, 0.2) is 0 Å². The van der Waals surface area contributed by atoms with Crippen LogP contribution in [0.25, 0.3) is 0 Å². The zero-order valence-corrected chi connectivity index (χ0v) is 6.39. The highest BCUT2D eigenvalue weighted by Gasteiger charge is 2.06. The molecule has 0 aromatic heterocycles. The van der Waals surface area contributed by atoms with Crippen LogP contribution in [0.5, 0.6) is 0 Å². The number of aliphatic imine (C=N–C) groups is 1. The van der Waals surface area contributed by atoms with Crippen molar-refractivity contribution < 1.29 is 5.21 Å². The summed E-state index contributed by atoms with van der Waals surface area (Å²) in [5.74, 6) is 0.544. The molecule has 0 amide bonds. The third kappa shape index (κ3) is 5.30. The summed E-state index contributed by atoms with van der Waals surface area (Å²) < 4.78 is 0. The van der Waals surface area contributed by atoms with Crippen LogP contribution in [0.3, 0.4) is 0 Å². The first-order valence-electron chi connectivity index (χ1n) is 2.92. The Hall–Kier alpha value is -0.570. The van der Waals surface area contributed by atoms with Gasteiger partial charge >= 0.3 is 0 Å². The van der Waals surface area contributed by atoms with Gasteiger partial charge in [-0.3, -0.25) is 15.7 Å². The van der Waals surface area contributed by atoms with E-state index in [4.69, 9.17) is 5.21 Å². The van der Waals surface area contributed by atoms with E-state index >= 15 is 0 Å². The van der Waals surface area contributed by atoms with Crippen molar-refractivity contribution in [2.75, 3.05) is 0 Å². The summed E-state index contributed by atoms with van der Waals surface area (Å²) in [6.45, 7) is 7.61. The number of nitrogens with zero attached hydrogens (tertiary/aromatic N) is 1. The van der Waals surface area contributed by atoms with Gasteiger partial charge in [-0.1, -0.05) is 0 Å². The van der Waals surface area contributed by atoms with E-state index < -0.39 is 0 Å². The Labute approximate surface area is 55.8 Å². The second-order valence-electron chi connectivity index (χ2n) is 2.98. The average Bonchev–Trinajstić information content (AvgIpc) is 1.62. The highest BCUT2D eigenvalue weighted by atomic mass is 16.5. The summed E-state index contributed by atoms with van der Waals surface area (Å²) in [4.78, 5) is 4.08. The number of hydroxylamine groups is 1. The van der Waals surface area contributed by atoms with Crippen molar-refractivity contribution >= 4 is 5.84 Å². The number of hydrogen-bond acceptors (Lipinski definition) is 2. The largest absolute Gasteiger partial charge is 0.290 e. The molecule has 54 valence electrons. The first-order chi connectivity index (χ1) is 3.95. The molecule has 2 N–H and O–H groups in total. The molecule has 0 atom stereocenters. The molecule has 0 aromatic rings. The zero-order chi connectivity index (χ0) is 7.49. The number of rotatable bonds is 0. The molecule has 0 spiro atoms. The van der Waals surface area contributed by atoms with E-state index in [0.29, 0.717) is 5.84 Å². The molecular weight excluding hydrogens is 116 g/mol. The molecule has 0 aliphatic carbocycles. The normalized spacial score (nSPS) is 13.7. The molecule has 0 saturated carbocycles. The molecule has 0 aliphatic rings. The Kier molecular flexibility index (Phi) is 2.65. The Balaban J connectivity index is 3.95. The van der Waals surface area contributed by atoms with Gasteiger partial charge in [0.25, 0.3) is 0 Å². The van der Waals surface area contributed by atoms with E-state index in [9.17, 15) is 0 Å². The second kappa shape index (κ2) is 2.82. The first kappa shape index (κ1) is 8.43. The SMILES string of the molecule is CC(=NC(C)(C)C)NO. The third-order valence-corrected chi connectivity index (χ3v) is 0.665. The minimum absolute atomic E-state index is 0.111. The van der Waals surface area contributed by atoms with Crippen LogP contribution in [0.2, 0.25) is 0 Å². The smallest absolute Gasteiger partial charge is 0.118 e. The van der Waals surface area contributed by atoms with E-state index in [1.807, 2.05) is 26.3 Å². The van der Waals surface area contributed by atoms with E-state index in [1.165, 1.54) is 0 Å². The Morgan fingerprint density at radius 1 is 1.44 bits per heavy atom. The van der Waals surface area contributed by atoms with Crippen LogP contribution in [0, 0.1) is 0 Å². The summed E-state index contributed by atoms with van der Waals surface area (Å²) in [5.41, 5.74) is 1.86. The van der Waals surface area contributed by atoms with Gasteiger partial charge in [0.2, 0.25) is 0 Å². The fourth-order valence-corrected chi connectivity index (χ4v) is 0.528. The van der Waals surface area contributed by atoms with Crippen LogP contribution in [0.4, 0.5) is 0 Å². The molecule has 0 aromatic carbocycles. The fourth-order valence-electron chi connectivity index (χ4n) is 0.528. The van der Waals surface area contributed by atoms with Crippen molar-refractivity contribution in [1.29, 1.82) is 0 Å². The van der Waals surface area contributed by atoms with E-state index in [0.717, 1.165) is 0 Å². The summed E-state index contributed by atoms with van der Waals surface area (Å²) in [6, 6.07) is 0. The maximum absolute atomic E-state index is 8.32. The van der Waals surface area contributed by atoms with Crippen molar-refractivity contribution in [2.24, 2.45) is 4.99 Å². The molecule has 3 nitrogen and oxygen atoms in total. The standard InChI is InChI=1S/C6H14N2O/c1-5(8-9)7-6(2,3)4/h9H,1-4H3,(H,7,8). The lowest BCUT2D eigenvalue weighted by atomic mass is 10.1. The third-order valence-electron chi connectivity index (χ3n) is 0.665. The van der Waals surface area contributed by atoms with Crippen LogP contribution in [-0.4, -0.2) is 16.6 Å². The van der Waals surface area contributed by atoms with Crippen LogP contribution >= 0.6 is 0 Å². The molecule has 0 bridgehead atoms. The van der Waals surface area contributed by atoms with Gasteiger partial charge in [-0.15, -0.1) is 0 Å². The minimum atomic E-state index is -0.111. The lowest BCUT2D eigenvalue weighted by molar-refractivity contribution is 0.232. The van der Waals surface area contributed by atoms with Crippen molar-refractivity contribution in [2.45, 2.75) is 33.2 Å². The van der Waals surface area contributed by atoms with Crippen LogP contribution in [0.1, 0.15) is 27.7 Å². The molecule has 0 fully saturated rings. The molecule has 0 unspecified atom stereocenters. The van der Waals surface area contributed by atoms with E-state index in [1.54, 1.807) is 6.92 Å². The molecule has 0 saturated heterocycles. The van der Waals surface area contributed by atoms with Gasteiger partial charge in [-0.05, 0) is 27.7 Å². The first-order valence-corrected chi connectivity index (χ1v) is 2.92. The van der Waals surface area contributed by atoms with Gasteiger partial charge in [0, 0.05) is 0 Å². The Bertz CT molecular complexity index is 113. The highest BCUT2D eigenvalue weighted by molar-refractivity contribution is 5.78.